The SMILES string of the molecule is Cc1c2c(nn1-c1ccccc1)CC(c1ccccc1Cl)C/C2=N/N=C(N)N. The van der Waals surface area contributed by atoms with Crippen LogP contribution < -0.4 is 11.5 Å². The van der Waals surface area contributed by atoms with Gasteiger partial charge in [-0.15, -0.1) is 5.10 Å². The fourth-order valence-electron chi connectivity index (χ4n) is 3.78. The van der Waals surface area contributed by atoms with Gasteiger partial charge in [0.2, 0.25) is 5.96 Å². The van der Waals surface area contributed by atoms with Gasteiger partial charge in [-0.2, -0.15) is 10.2 Å². The molecule has 1 atom stereocenters. The maximum atomic E-state index is 6.46. The van der Waals surface area contributed by atoms with Gasteiger partial charge in [0.05, 0.1) is 22.8 Å². The van der Waals surface area contributed by atoms with Gasteiger partial charge in [0, 0.05) is 10.6 Å². The van der Waals surface area contributed by atoms with E-state index in [1.165, 1.54) is 0 Å². The molecule has 1 aliphatic rings. The summed E-state index contributed by atoms with van der Waals surface area (Å²) in [4.78, 5) is 0. The maximum Gasteiger partial charge on any atom is 0.211 e. The van der Waals surface area contributed by atoms with Crippen LogP contribution in [0.2, 0.25) is 5.02 Å². The van der Waals surface area contributed by atoms with Crippen molar-refractivity contribution in [2.75, 3.05) is 0 Å². The largest absolute Gasteiger partial charge is 0.369 e. The van der Waals surface area contributed by atoms with Gasteiger partial charge in [-0.1, -0.05) is 48.0 Å². The maximum absolute atomic E-state index is 6.46. The van der Waals surface area contributed by atoms with Crippen molar-refractivity contribution in [2.45, 2.75) is 25.7 Å². The van der Waals surface area contributed by atoms with Crippen LogP contribution in [0.3, 0.4) is 0 Å². The lowest BCUT2D eigenvalue weighted by atomic mass is 9.81. The topological polar surface area (TPSA) is 94.6 Å². The Hall–Kier alpha value is -3.12. The van der Waals surface area contributed by atoms with Crippen LogP contribution in [0.4, 0.5) is 0 Å². The van der Waals surface area contributed by atoms with Crippen molar-refractivity contribution in [1.29, 1.82) is 0 Å². The standard InChI is InChI=1S/C21H21ClN6/c1-13-20-18(25-26-21(23)24)11-14(16-9-5-6-10-17(16)22)12-19(20)27-28(13)15-7-3-2-4-8-15/h2-10,14H,11-12H2,1H3,(H4,23,24,26)/b25-18-. The van der Waals surface area contributed by atoms with Gasteiger partial charge < -0.3 is 11.5 Å². The van der Waals surface area contributed by atoms with Crippen molar-refractivity contribution in [3.63, 3.8) is 0 Å². The molecule has 0 radical (unpaired) electrons. The summed E-state index contributed by atoms with van der Waals surface area (Å²) >= 11 is 6.46. The van der Waals surface area contributed by atoms with Crippen LogP contribution >= 0.6 is 11.6 Å². The average molecular weight is 393 g/mol. The fraction of sp³-hybridized carbons (Fsp3) is 0.190. The lowest BCUT2D eigenvalue weighted by molar-refractivity contribution is 0.672. The minimum Gasteiger partial charge on any atom is -0.369 e. The number of hydrogen-bond acceptors (Lipinski definition) is 3. The molecule has 0 saturated carbocycles. The van der Waals surface area contributed by atoms with E-state index in [1.54, 1.807) is 0 Å². The van der Waals surface area contributed by atoms with Gasteiger partial charge in [-0.25, -0.2) is 4.68 Å². The Balaban J connectivity index is 1.84. The van der Waals surface area contributed by atoms with Crippen molar-refractivity contribution in [3.05, 3.63) is 82.1 Å². The Labute approximate surface area is 168 Å². The molecule has 4 rings (SSSR count). The Morgan fingerprint density at radius 2 is 1.79 bits per heavy atom. The number of para-hydroxylation sites is 1. The third-order valence-corrected chi connectivity index (χ3v) is 5.33. The van der Waals surface area contributed by atoms with E-state index in [-0.39, 0.29) is 11.9 Å². The highest BCUT2D eigenvalue weighted by Crippen LogP contribution is 2.37. The van der Waals surface area contributed by atoms with E-state index in [9.17, 15) is 0 Å². The van der Waals surface area contributed by atoms with E-state index in [2.05, 4.69) is 16.3 Å². The second kappa shape index (κ2) is 7.48. The third kappa shape index (κ3) is 3.39. The summed E-state index contributed by atoms with van der Waals surface area (Å²) in [6.07, 6.45) is 1.47. The first kappa shape index (κ1) is 18.3. The molecular formula is C21H21ClN6. The van der Waals surface area contributed by atoms with E-state index in [1.807, 2.05) is 60.1 Å². The molecule has 2 aromatic carbocycles. The monoisotopic (exact) mass is 392 g/mol. The Kier molecular flexibility index (Phi) is 4.88. The third-order valence-electron chi connectivity index (χ3n) is 4.99. The molecule has 7 heteroatoms. The van der Waals surface area contributed by atoms with Gasteiger partial charge in [-0.3, -0.25) is 0 Å². The summed E-state index contributed by atoms with van der Waals surface area (Å²) in [7, 11) is 0. The molecule has 0 spiro atoms. The van der Waals surface area contributed by atoms with Crippen LogP contribution in [0.15, 0.2) is 64.8 Å². The summed E-state index contributed by atoms with van der Waals surface area (Å²) in [5, 5.41) is 13.9. The van der Waals surface area contributed by atoms with Gasteiger partial charge in [-0.05, 0) is 49.4 Å². The van der Waals surface area contributed by atoms with Crippen LogP contribution in [0.5, 0.6) is 0 Å². The minimum atomic E-state index is -0.0676. The molecule has 28 heavy (non-hydrogen) atoms. The summed E-state index contributed by atoms with van der Waals surface area (Å²) in [5.74, 6) is 0.0923. The van der Waals surface area contributed by atoms with Gasteiger partial charge in [0.15, 0.2) is 0 Å². The summed E-state index contributed by atoms with van der Waals surface area (Å²) in [6, 6.07) is 17.9. The molecule has 1 heterocycles. The zero-order chi connectivity index (χ0) is 19.7. The van der Waals surface area contributed by atoms with Crippen LogP contribution in [0.1, 0.15) is 34.9 Å². The van der Waals surface area contributed by atoms with Crippen molar-refractivity contribution in [1.82, 2.24) is 9.78 Å². The minimum absolute atomic E-state index is 0.0676. The van der Waals surface area contributed by atoms with E-state index < -0.39 is 0 Å². The Bertz CT molecular complexity index is 1060. The number of rotatable bonds is 3. The van der Waals surface area contributed by atoms with E-state index >= 15 is 0 Å². The number of nitrogens with zero attached hydrogens (tertiary/aromatic N) is 4. The van der Waals surface area contributed by atoms with Crippen molar-refractivity contribution < 1.29 is 0 Å². The second-order valence-electron chi connectivity index (χ2n) is 6.85. The molecule has 0 aliphatic heterocycles. The molecule has 0 saturated heterocycles. The first-order valence-corrected chi connectivity index (χ1v) is 9.46. The highest BCUT2D eigenvalue weighted by molar-refractivity contribution is 6.31. The zero-order valence-corrected chi connectivity index (χ0v) is 16.3. The predicted octanol–water partition coefficient (Wildman–Crippen LogP) is 3.54. The molecular weight excluding hydrogens is 372 g/mol. The van der Waals surface area contributed by atoms with Crippen LogP contribution in [-0.4, -0.2) is 21.5 Å². The lowest BCUT2D eigenvalue weighted by Gasteiger charge is -2.23. The molecule has 0 amide bonds. The Morgan fingerprint density at radius 3 is 2.50 bits per heavy atom. The van der Waals surface area contributed by atoms with Gasteiger partial charge >= 0.3 is 0 Å². The van der Waals surface area contributed by atoms with Gasteiger partial charge in [0.1, 0.15) is 0 Å². The summed E-state index contributed by atoms with van der Waals surface area (Å²) in [6.45, 7) is 2.04. The quantitative estimate of drug-likeness (QED) is 0.405. The molecule has 142 valence electrons. The number of hydrogen-bond donors (Lipinski definition) is 2. The highest BCUT2D eigenvalue weighted by atomic mass is 35.5. The molecule has 6 nitrogen and oxygen atoms in total. The smallest absolute Gasteiger partial charge is 0.211 e. The highest BCUT2D eigenvalue weighted by Gasteiger charge is 2.31. The molecule has 1 aromatic heterocycles. The normalized spacial score (nSPS) is 17.4. The molecule has 1 aliphatic carbocycles. The number of benzene rings is 2. The van der Waals surface area contributed by atoms with Crippen LogP contribution in [-0.2, 0) is 6.42 Å². The molecule has 3 aromatic rings. The summed E-state index contributed by atoms with van der Waals surface area (Å²) < 4.78 is 1.95. The predicted molar refractivity (Wildman–Crippen MR) is 113 cm³/mol. The van der Waals surface area contributed by atoms with Crippen molar-refractivity contribution >= 4 is 23.3 Å². The number of fused-ring (bicyclic) bond motifs is 1. The number of nitrogens with two attached hydrogens (primary N) is 2. The van der Waals surface area contributed by atoms with E-state index in [4.69, 9.17) is 28.2 Å². The Morgan fingerprint density at radius 1 is 1.07 bits per heavy atom. The molecule has 0 fully saturated rings. The summed E-state index contributed by atoms with van der Waals surface area (Å²) in [5.41, 5.74) is 16.9. The van der Waals surface area contributed by atoms with Crippen molar-refractivity contribution in [2.24, 2.45) is 21.7 Å². The average Bonchev–Trinajstić information content (AvgIpc) is 3.04. The van der Waals surface area contributed by atoms with Gasteiger partial charge in [0.25, 0.3) is 0 Å². The van der Waals surface area contributed by atoms with E-state index in [0.29, 0.717) is 6.42 Å². The van der Waals surface area contributed by atoms with E-state index in [0.717, 1.165) is 45.4 Å². The first-order valence-electron chi connectivity index (χ1n) is 9.08. The zero-order valence-electron chi connectivity index (χ0n) is 15.5. The van der Waals surface area contributed by atoms with Crippen LogP contribution in [0.25, 0.3) is 5.69 Å². The number of guanidine groups is 1. The van der Waals surface area contributed by atoms with Crippen molar-refractivity contribution in [3.8, 4) is 5.69 Å². The van der Waals surface area contributed by atoms with Crippen LogP contribution in [0, 0.1) is 6.92 Å². The number of halogens is 1. The molecule has 4 N–H and O–H groups in total. The second-order valence-corrected chi connectivity index (χ2v) is 7.26. The fourth-order valence-corrected chi connectivity index (χ4v) is 4.07. The lowest BCUT2D eigenvalue weighted by Crippen LogP contribution is -2.23. The first-order chi connectivity index (χ1) is 13.5. The molecule has 1 unspecified atom stereocenters. The number of aromatic nitrogens is 2. The molecule has 0 bridgehead atoms.